The summed E-state index contributed by atoms with van der Waals surface area (Å²) < 4.78 is 0. The van der Waals surface area contributed by atoms with Crippen LogP contribution in [0.25, 0.3) is 6.08 Å². The van der Waals surface area contributed by atoms with Gasteiger partial charge in [-0.05, 0) is 26.0 Å². The zero-order valence-corrected chi connectivity index (χ0v) is 8.90. The summed E-state index contributed by atoms with van der Waals surface area (Å²) in [6.45, 7) is 3.79. The summed E-state index contributed by atoms with van der Waals surface area (Å²) in [6, 6.07) is 6.99. The molecule has 0 saturated heterocycles. The lowest BCUT2D eigenvalue weighted by molar-refractivity contribution is -0.116. The van der Waals surface area contributed by atoms with Gasteiger partial charge in [0, 0.05) is 17.7 Å². The molecule has 0 heterocycles. The summed E-state index contributed by atoms with van der Waals surface area (Å²) in [5.41, 5.74) is 0.636. The van der Waals surface area contributed by atoms with Crippen molar-refractivity contribution in [3.05, 3.63) is 35.9 Å². The Morgan fingerprint density at radius 2 is 2.07 bits per heavy atom. The molecule has 0 atom stereocenters. The molecule has 0 aromatic heterocycles. The summed E-state index contributed by atoms with van der Waals surface area (Å²) in [4.78, 5) is 11.3. The number of para-hydroxylation sites is 1. The first kappa shape index (κ1) is 11.3. The molecule has 0 unspecified atom stereocenters. The monoisotopic (exact) mass is 205 g/mol. The predicted octanol–water partition coefficient (Wildman–Crippen LogP) is 1.93. The molecule has 0 bridgehead atoms. The molecule has 0 aliphatic heterocycles. The molecule has 0 aliphatic rings. The minimum Gasteiger partial charge on any atom is -0.507 e. The number of carbonyl (C=O) groups excluding carboxylic acids is 1. The number of hydrogen-bond acceptors (Lipinski definition) is 2. The van der Waals surface area contributed by atoms with Gasteiger partial charge in [0.05, 0.1) is 0 Å². The van der Waals surface area contributed by atoms with Gasteiger partial charge in [-0.15, -0.1) is 0 Å². The van der Waals surface area contributed by atoms with Crippen molar-refractivity contribution in [1.29, 1.82) is 0 Å². The van der Waals surface area contributed by atoms with Crippen LogP contribution in [0.3, 0.4) is 0 Å². The van der Waals surface area contributed by atoms with E-state index in [4.69, 9.17) is 0 Å². The smallest absolute Gasteiger partial charge is 0.244 e. The summed E-state index contributed by atoms with van der Waals surface area (Å²) in [5, 5.41) is 12.1. The normalized spacial score (nSPS) is 10.9. The Kier molecular flexibility index (Phi) is 3.92. The number of benzene rings is 1. The van der Waals surface area contributed by atoms with Crippen molar-refractivity contribution in [1.82, 2.24) is 5.32 Å². The predicted molar refractivity (Wildman–Crippen MR) is 60.4 cm³/mol. The van der Waals surface area contributed by atoms with Gasteiger partial charge in [0.15, 0.2) is 0 Å². The van der Waals surface area contributed by atoms with E-state index in [0.717, 1.165) is 0 Å². The van der Waals surface area contributed by atoms with Crippen LogP contribution >= 0.6 is 0 Å². The van der Waals surface area contributed by atoms with Crippen molar-refractivity contribution in [3.8, 4) is 5.75 Å². The van der Waals surface area contributed by atoms with E-state index in [1.165, 1.54) is 6.08 Å². The minimum absolute atomic E-state index is 0.117. The molecule has 15 heavy (non-hydrogen) atoms. The summed E-state index contributed by atoms with van der Waals surface area (Å²) in [5.74, 6) is 0.0133. The average Bonchev–Trinajstić information content (AvgIpc) is 2.15. The number of aromatic hydroxyl groups is 1. The van der Waals surface area contributed by atoms with E-state index in [2.05, 4.69) is 5.32 Å². The van der Waals surface area contributed by atoms with Crippen molar-refractivity contribution in [2.24, 2.45) is 0 Å². The molecule has 3 heteroatoms. The second kappa shape index (κ2) is 5.20. The van der Waals surface area contributed by atoms with Crippen LogP contribution in [0.5, 0.6) is 5.75 Å². The standard InChI is InChI=1S/C12H15NO2/c1-9(2)13-12(15)8-7-10-5-3-4-6-11(10)14/h3-9,14H,1-2H3,(H,13,15)/b8-7+. The lowest BCUT2D eigenvalue weighted by Crippen LogP contribution is -2.28. The molecule has 0 fully saturated rings. The van der Waals surface area contributed by atoms with Gasteiger partial charge < -0.3 is 10.4 Å². The minimum atomic E-state index is -0.159. The van der Waals surface area contributed by atoms with Crippen molar-refractivity contribution in [2.75, 3.05) is 0 Å². The van der Waals surface area contributed by atoms with Crippen molar-refractivity contribution in [3.63, 3.8) is 0 Å². The molecule has 0 saturated carbocycles. The van der Waals surface area contributed by atoms with Crippen molar-refractivity contribution >= 4 is 12.0 Å². The van der Waals surface area contributed by atoms with E-state index in [1.807, 2.05) is 13.8 Å². The first-order chi connectivity index (χ1) is 7.09. The molecule has 0 radical (unpaired) electrons. The van der Waals surface area contributed by atoms with Crippen LogP contribution in [-0.2, 0) is 4.79 Å². The molecular weight excluding hydrogens is 190 g/mol. The van der Waals surface area contributed by atoms with Gasteiger partial charge in [0.1, 0.15) is 5.75 Å². The van der Waals surface area contributed by atoms with Gasteiger partial charge in [0.2, 0.25) is 5.91 Å². The molecule has 1 amide bonds. The zero-order chi connectivity index (χ0) is 11.3. The van der Waals surface area contributed by atoms with Gasteiger partial charge in [-0.2, -0.15) is 0 Å². The topological polar surface area (TPSA) is 49.3 Å². The summed E-state index contributed by atoms with van der Waals surface area (Å²) >= 11 is 0. The molecule has 1 rings (SSSR count). The third-order valence-electron chi connectivity index (χ3n) is 1.78. The van der Waals surface area contributed by atoms with Crippen molar-refractivity contribution in [2.45, 2.75) is 19.9 Å². The number of carbonyl (C=O) groups is 1. The van der Waals surface area contributed by atoms with Gasteiger partial charge in [0.25, 0.3) is 0 Å². The lowest BCUT2D eigenvalue weighted by atomic mass is 10.2. The van der Waals surface area contributed by atoms with E-state index in [9.17, 15) is 9.90 Å². The Balaban J connectivity index is 2.66. The van der Waals surface area contributed by atoms with Crippen LogP contribution < -0.4 is 5.32 Å². The van der Waals surface area contributed by atoms with Crippen LogP contribution in [0.1, 0.15) is 19.4 Å². The summed E-state index contributed by atoms with van der Waals surface area (Å²) in [6.07, 6.45) is 3.00. The molecule has 1 aromatic rings. The SMILES string of the molecule is CC(C)NC(=O)/C=C/c1ccccc1O. The number of rotatable bonds is 3. The number of amides is 1. The lowest BCUT2D eigenvalue weighted by Gasteiger charge is -2.04. The maximum atomic E-state index is 11.3. The first-order valence-electron chi connectivity index (χ1n) is 4.86. The zero-order valence-electron chi connectivity index (χ0n) is 8.90. The van der Waals surface area contributed by atoms with Crippen LogP contribution in [0, 0.1) is 0 Å². The number of phenolic OH excluding ortho intramolecular Hbond substituents is 1. The molecule has 80 valence electrons. The third-order valence-corrected chi connectivity index (χ3v) is 1.78. The van der Waals surface area contributed by atoms with E-state index < -0.39 is 0 Å². The van der Waals surface area contributed by atoms with Crippen molar-refractivity contribution < 1.29 is 9.90 Å². The fourth-order valence-corrected chi connectivity index (χ4v) is 1.13. The van der Waals surface area contributed by atoms with Gasteiger partial charge in [-0.3, -0.25) is 4.79 Å². The molecule has 3 nitrogen and oxygen atoms in total. The Morgan fingerprint density at radius 1 is 1.40 bits per heavy atom. The maximum Gasteiger partial charge on any atom is 0.244 e. The van der Waals surface area contributed by atoms with Crippen LogP contribution in [-0.4, -0.2) is 17.1 Å². The molecule has 0 spiro atoms. The fraction of sp³-hybridized carbons (Fsp3) is 0.250. The van der Waals surface area contributed by atoms with Crippen LogP contribution in [0.2, 0.25) is 0 Å². The molecule has 1 aromatic carbocycles. The van der Waals surface area contributed by atoms with E-state index in [1.54, 1.807) is 30.3 Å². The van der Waals surface area contributed by atoms with E-state index >= 15 is 0 Å². The van der Waals surface area contributed by atoms with E-state index in [0.29, 0.717) is 5.56 Å². The summed E-state index contributed by atoms with van der Waals surface area (Å²) in [7, 11) is 0. The first-order valence-corrected chi connectivity index (χ1v) is 4.86. The largest absolute Gasteiger partial charge is 0.507 e. The Labute approximate surface area is 89.4 Å². The maximum absolute atomic E-state index is 11.3. The second-order valence-electron chi connectivity index (χ2n) is 3.56. The third kappa shape index (κ3) is 3.85. The van der Waals surface area contributed by atoms with Gasteiger partial charge in [-0.1, -0.05) is 18.2 Å². The highest BCUT2D eigenvalue weighted by Gasteiger charge is 1.98. The highest BCUT2D eigenvalue weighted by molar-refractivity contribution is 5.92. The molecular formula is C12H15NO2. The Hall–Kier alpha value is -1.77. The number of hydrogen-bond donors (Lipinski definition) is 2. The van der Waals surface area contributed by atoms with Crippen LogP contribution in [0.4, 0.5) is 0 Å². The number of nitrogens with one attached hydrogen (secondary N) is 1. The fourth-order valence-electron chi connectivity index (χ4n) is 1.13. The number of phenols is 1. The quantitative estimate of drug-likeness (QED) is 0.741. The highest BCUT2D eigenvalue weighted by Crippen LogP contribution is 2.16. The highest BCUT2D eigenvalue weighted by atomic mass is 16.3. The van der Waals surface area contributed by atoms with Gasteiger partial charge >= 0.3 is 0 Å². The second-order valence-corrected chi connectivity index (χ2v) is 3.56. The average molecular weight is 205 g/mol. The van der Waals surface area contributed by atoms with Gasteiger partial charge in [-0.25, -0.2) is 0 Å². The van der Waals surface area contributed by atoms with E-state index in [-0.39, 0.29) is 17.7 Å². The Morgan fingerprint density at radius 3 is 2.67 bits per heavy atom. The molecule has 0 aliphatic carbocycles. The van der Waals surface area contributed by atoms with Crippen LogP contribution in [0.15, 0.2) is 30.3 Å². The molecule has 2 N–H and O–H groups in total. The Bertz CT molecular complexity index is 370.